The summed E-state index contributed by atoms with van der Waals surface area (Å²) >= 11 is 0. The summed E-state index contributed by atoms with van der Waals surface area (Å²) in [6, 6.07) is 61.6. The summed E-state index contributed by atoms with van der Waals surface area (Å²) < 4.78 is 6.52. The highest BCUT2D eigenvalue weighted by Crippen LogP contribution is 2.46. The van der Waals surface area contributed by atoms with Crippen molar-refractivity contribution in [2.75, 3.05) is 4.90 Å². The molecule has 5 heteroatoms. The number of rotatable bonds is 6. The third kappa shape index (κ3) is 5.92. The third-order valence-electron chi connectivity index (χ3n) is 11.3. The van der Waals surface area contributed by atoms with Gasteiger partial charge in [-0.1, -0.05) is 164 Å². The van der Waals surface area contributed by atoms with E-state index in [1.54, 1.807) is 0 Å². The van der Waals surface area contributed by atoms with E-state index in [0.29, 0.717) is 17.6 Å². The molecule has 0 bridgehead atoms. The second-order valence-electron chi connectivity index (χ2n) is 14.8. The molecule has 2 aromatic heterocycles. The normalized spacial score (nSPS) is 14.9. The molecule has 0 radical (unpaired) electrons. The van der Waals surface area contributed by atoms with Crippen molar-refractivity contribution in [2.45, 2.75) is 18.8 Å². The van der Waals surface area contributed by atoms with Crippen LogP contribution < -0.4 is 4.90 Å². The topological polar surface area (TPSA) is 55.1 Å². The molecule has 2 aliphatic rings. The van der Waals surface area contributed by atoms with E-state index >= 15 is 0 Å². The molecular formula is C52H36N4O. The number of allylic oxidation sites excluding steroid dienone is 4. The summed E-state index contributed by atoms with van der Waals surface area (Å²) in [5.41, 5.74) is 14.1. The van der Waals surface area contributed by atoms with Crippen molar-refractivity contribution >= 4 is 50.4 Å². The highest BCUT2D eigenvalue weighted by Gasteiger charge is 2.29. The summed E-state index contributed by atoms with van der Waals surface area (Å²) in [6.45, 7) is 0. The van der Waals surface area contributed by atoms with Gasteiger partial charge in [0.2, 0.25) is 5.95 Å². The first-order chi connectivity index (χ1) is 28.2. The van der Waals surface area contributed by atoms with Crippen LogP contribution in [0, 0.1) is 0 Å². The van der Waals surface area contributed by atoms with Gasteiger partial charge < -0.3 is 4.42 Å². The SMILES string of the molecule is C1=C(c2ccccc2)C=C(c2ccc3c(c2)N(c2nc(-c4ccccc4)nc(-c4cccc5c4oc4ccccc45)n2)c2ccccc2C3)CC1c1ccccc1. The van der Waals surface area contributed by atoms with E-state index in [-0.39, 0.29) is 5.92 Å². The molecule has 0 saturated heterocycles. The molecule has 1 aliphatic heterocycles. The van der Waals surface area contributed by atoms with Crippen LogP contribution in [0.25, 0.3) is 55.9 Å². The van der Waals surface area contributed by atoms with Gasteiger partial charge in [0.25, 0.3) is 0 Å². The zero-order valence-corrected chi connectivity index (χ0v) is 31.1. The Kier molecular flexibility index (Phi) is 7.95. The molecule has 1 atom stereocenters. The van der Waals surface area contributed by atoms with E-state index < -0.39 is 0 Å². The van der Waals surface area contributed by atoms with Crippen LogP contribution in [-0.4, -0.2) is 15.0 Å². The predicted molar refractivity (Wildman–Crippen MR) is 232 cm³/mol. The highest BCUT2D eigenvalue weighted by atomic mass is 16.3. The maximum atomic E-state index is 6.52. The fourth-order valence-electron chi connectivity index (χ4n) is 8.51. The smallest absolute Gasteiger partial charge is 0.238 e. The zero-order chi connectivity index (χ0) is 37.7. The maximum Gasteiger partial charge on any atom is 0.238 e. The molecule has 1 aliphatic carbocycles. The van der Waals surface area contributed by atoms with Crippen LogP contribution >= 0.6 is 0 Å². The van der Waals surface area contributed by atoms with E-state index in [4.69, 9.17) is 19.4 Å². The number of para-hydroxylation sites is 3. The highest BCUT2D eigenvalue weighted by molar-refractivity contribution is 6.09. The quantitative estimate of drug-likeness (QED) is 0.170. The van der Waals surface area contributed by atoms with Crippen molar-refractivity contribution in [3.63, 3.8) is 0 Å². The molecule has 0 saturated carbocycles. The van der Waals surface area contributed by atoms with Crippen molar-refractivity contribution in [1.82, 2.24) is 15.0 Å². The molecule has 11 rings (SSSR count). The van der Waals surface area contributed by atoms with Gasteiger partial charge >= 0.3 is 0 Å². The Hall–Kier alpha value is -7.37. The minimum Gasteiger partial charge on any atom is -0.455 e. The molecule has 0 amide bonds. The largest absolute Gasteiger partial charge is 0.455 e. The molecule has 5 nitrogen and oxygen atoms in total. The summed E-state index contributed by atoms with van der Waals surface area (Å²) in [6.07, 6.45) is 6.51. The molecule has 0 fully saturated rings. The lowest BCUT2D eigenvalue weighted by Gasteiger charge is -2.33. The summed E-state index contributed by atoms with van der Waals surface area (Å²) in [4.78, 5) is 18.0. The first-order valence-electron chi connectivity index (χ1n) is 19.5. The van der Waals surface area contributed by atoms with Crippen LogP contribution in [0.3, 0.4) is 0 Å². The Balaban J connectivity index is 1.10. The van der Waals surface area contributed by atoms with Gasteiger partial charge in [-0.3, -0.25) is 4.90 Å². The number of hydrogen-bond donors (Lipinski definition) is 0. The number of fused-ring (bicyclic) bond motifs is 5. The summed E-state index contributed by atoms with van der Waals surface area (Å²) in [5, 5.41) is 2.10. The van der Waals surface area contributed by atoms with Crippen molar-refractivity contribution < 1.29 is 4.42 Å². The van der Waals surface area contributed by atoms with Crippen LogP contribution in [-0.2, 0) is 6.42 Å². The van der Waals surface area contributed by atoms with Crippen LogP contribution in [0.15, 0.2) is 192 Å². The minimum absolute atomic E-state index is 0.245. The van der Waals surface area contributed by atoms with E-state index in [9.17, 15) is 0 Å². The van der Waals surface area contributed by atoms with Crippen LogP contribution in [0.2, 0.25) is 0 Å². The van der Waals surface area contributed by atoms with Gasteiger partial charge in [-0.25, -0.2) is 4.98 Å². The van der Waals surface area contributed by atoms with Gasteiger partial charge in [0.15, 0.2) is 11.6 Å². The van der Waals surface area contributed by atoms with Crippen molar-refractivity contribution in [1.29, 1.82) is 0 Å². The lowest BCUT2D eigenvalue weighted by Crippen LogP contribution is -2.21. The van der Waals surface area contributed by atoms with E-state index in [1.165, 1.54) is 39.0 Å². The van der Waals surface area contributed by atoms with Gasteiger partial charge in [-0.05, 0) is 69.6 Å². The number of furan rings is 1. The van der Waals surface area contributed by atoms with E-state index in [0.717, 1.165) is 57.3 Å². The summed E-state index contributed by atoms with van der Waals surface area (Å²) in [7, 11) is 0. The van der Waals surface area contributed by atoms with Gasteiger partial charge in [0.05, 0.1) is 16.9 Å². The Morgan fingerprint density at radius 3 is 2.05 bits per heavy atom. The van der Waals surface area contributed by atoms with Gasteiger partial charge in [0, 0.05) is 28.7 Å². The molecule has 1 unspecified atom stereocenters. The minimum atomic E-state index is 0.245. The lowest BCUT2D eigenvalue weighted by atomic mass is 9.81. The van der Waals surface area contributed by atoms with Crippen molar-refractivity contribution in [2.24, 2.45) is 0 Å². The van der Waals surface area contributed by atoms with E-state index in [1.807, 2.05) is 42.5 Å². The van der Waals surface area contributed by atoms with E-state index in [2.05, 4.69) is 151 Å². The Bertz CT molecular complexity index is 3020. The molecule has 57 heavy (non-hydrogen) atoms. The monoisotopic (exact) mass is 732 g/mol. The van der Waals surface area contributed by atoms with Crippen LogP contribution in [0.1, 0.15) is 40.2 Å². The molecule has 9 aromatic rings. The number of nitrogens with zero attached hydrogens (tertiary/aromatic N) is 4. The fraction of sp³-hybridized carbons (Fsp3) is 0.0577. The molecule has 270 valence electrons. The number of anilines is 3. The number of aromatic nitrogens is 3. The fourth-order valence-corrected chi connectivity index (χ4v) is 8.51. The van der Waals surface area contributed by atoms with Gasteiger partial charge in [-0.2, -0.15) is 9.97 Å². The molecule has 3 heterocycles. The number of hydrogen-bond acceptors (Lipinski definition) is 5. The first kappa shape index (κ1) is 33.0. The Labute approximate surface area is 331 Å². The Morgan fingerprint density at radius 2 is 1.21 bits per heavy atom. The second-order valence-corrected chi connectivity index (χ2v) is 14.8. The first-order valence-corrected chi connectivity index (χ1v) is 19.5. The number of benzene rings is 7. The average molecular weight is 733 g/mol. The van der Waals surface area contributed by atoms with Crippen LogP contribution in [0.4, 0.5) is 17.3 Å². The lowest BCUT2D eigenvalue weighted by molar-refractivity contribution is 0.669. The van der Waals surface area contributed by atoms with Gasteiger partial charge in [-0.15, -0.1) is 0 Å². The Morgan fingerprint density at radius 1 is 0.526 bits per heavy atom. The third-order valence-corrected chi connectivity index (χ3v) is 11.3. The molecule has 0 N–H and O–H groups in total. The standard InChI is InChI=1S/C52H36N4O/c1-4-15-34(16-5-1)40-30-41(35-17-6-2-7-18-35)32-42(31-40)37-27-28-39-29-38-21-10-12-25-46(38)56(47(39)33-37)52-54-50(36-19-8-3-9-20-36)53-51(55-52)45-24-14-23-44-43-22-11-13-26-48(43)57-49(44)45/h1-28,30-31,33,41H,29,32H2. The van der Waals surface area contributed by atoms with Crippen LogP contribution in [0.5, 0.6) is 0 Å². The second kappa shape index (κ2) is 13.7. The summed E-state index contributed by atoms with van der Waals surface area (Å²) in [5.74, 6) is 1.96. The molecular weight excluding hydrogens is 697 g/mol. The average Bonchev–Trinajstić information content (AvgIpc) is 3.68. The predicted octanol–water partition coefficient (Wildman–Crippen LogP) is 13.1. The van der Waals surface area contributed by atoms with Gasteiger partial charge in [0.1, 0.15) is 11.2 Å². The molecule has 7 aromatic carbocycles. The maximum absolute atomic E-state index is 6.52. The molecule has 0 spiro atoms. The van der Waals surface area contributed by atoms with Crippen molar-refractivity contribution in [3.05, 3.63) is 216 Å². The zero-order valence-electron chi connectivity index (χ0n) is 31.1. The van der Waals surface area contributed by atoms with Crippen molar-refractivity contribution in [3.8, 4) is 22.8 Å².